The molecule has 2 N–H and O–H groups in total. The van der Waals surface area contributed by atoms with E-state index in [9.17, 15) is 4.79 Å². The molecule has 0 saturated carbocycles. The Morgan fingerprint density at radius 1 is 1.11 bits per heavy atom. The molecule has 0 unspecified atom stereocenters. The highest BCUT2D eigenvalue weighted by atomic mass is 32.1. The number of hydrogen-bond donors (Lipinski definition) is 2. The Kier molecular flexibility index (Phi) is 7.85. The number of nitrogens with one attached hydrogen (secondary N) is 2. The molecule has 0 amide bonds. The van der Waals surface area contributed by atoms with Crippen LogP contribution >= 0.6 is 22.9 Å². The summed E-state index contributed by atoms with van der Waals surface area (Å²) in [7, 11) is 0. The van der Waals surface area contributed by atoms with Crippen molar-refractivity contribution in [2.24, 2.45) is 0 Å². The number of thiazole rings is 1. The van der Waals surface area contributed by atoms with E-state index in [1.165, 1.54) is 29.3 Å². The third-order valence-electron chi connectivity index (χ3n) is 5.95. The van der Waals surface area contributed by atoms with Crippen molar-refractivity contribution in [2.75, 3.05) is 35.2 Å². The molecule has 0 aliphatic carbocycles. The van der Waals surface area contributed by atoms with Gasteiger partial charge in [0.2, 0.25) is 5.95 Å². The molecule has 10 nitrogen and oxygen atoms in total. The molecule has 0 radical (unpaired) electrons. The summed E-state index contributed by atoms with van der Waals surface area (Å²) in [5.74, 6) is 1.64. The van der Waals surface area contributed by atoms with Crippen LogP contribution in [0.3, 0.4) is 0 Å². The van der Waals surface area contributed by atoms with E-state index in [4.69, 9.17) is 14.7 Å². The van der Waals surface area contributed by atoms with Crippen LogP contribution in [0.5, 0.6) is 0 Å². The number of esters is 1. The summed E-state index contributed by atoms with van der Waals surface area (Å²) >= 11 is 2.58. The lowest BCUT2D eigenvalue weighted by Crippen LogP contribution is -2.30. The van der Waals surface area contributed by atoms with Gasteiger partial charge in [-0.3, -0.25) is 5.32 Å². The summed E-state index contributed by atoms with van der Waals surface area (Å²) < 4.78 is 9.08. The summed E-state index contributed by atoms with van der Waals surface area (Å²) in [5, 5.41) is 13.3. The first-order chi connectivity index (χ1) is 18.1. The van der Waals surface area contributed by atoms with Gasteiger partial charge in [-0.1, -0.05) is 40.1 Å². The number of nitrogens with zero attached hydrogens (tertiary/aromatic N) is 6. The molecule has 1 saturated heterocycles. The molecule has 12 heteroatoms. The van der Waals surface area contributed by atoms with Crippen LogP contribution < -0.4 is 15.5 Å². The van der Waals surface area contributed by atoms with Crippen molar-refractivity contribution >= 4 is 51.6 Å². The molecule has 0 spiro atoms. The van der Waals surface area contributed by atoms with Gasteiger partial charge in [0.15, 0.2) is 5.13 Å². The van der Waals surface area contributed by atoms with E-state index in [1.807, 2.05) is 23.6 Å². The average Bonchev–Trinajstić information content (AvgIpc) is 3.58. The highest BCUT2D eigenvalue weighted by Crippen LogP contribution is 2.28. The Hall–Kier alpha value is -3.64. The highest BCUT2D eigenvalue weighted by Gasteiger charge is 2.19. The summed E-state index contributed by atoms with van der Waals surface area (Å²) in [4.78, 5) is 28.9. The number of ether oxygens (including phenoxy) is 1. The van der Waals surface area contributed by atoms with Gasteiger partial charge in [0.05, 0.1) is 12.3 Å². The second-order valence-electron chi connectivity index (χ2n) is 8.60. The Morgan fingerprint density at radius 2 is 1.92 bits per heavy atom. The Balaban J connectivity index is 1.34. The third-order valence-corrected chi connectivity index (χ3v) is 7.51. The van der Waals surface area contributed by atoms with Gasteiger partial charge in [-0.2, -0.15) is 9.97 Å². The monoisotopic (exact) mass is 536 g/mol. The van der Waals surface area contributed by atoms with E-state index < -0.39 is 0 Å². The topological polar surface area (TPSA) is 118 Å². The summed E-state index contributed by atoms with van der Waals surface area (Å²) in [5.41, 5.74) is 3.66. The van der Waals surface area contributed by atoms with Crippen molar-refractivity contribution < 1.29 is 9.53 Å². The second kappa shape index (κ2) is 11.6. The predicted molar refractivity (Wildman–Crippen MR) is 147 cm³/mol. The van der Waals surface area contributed by atoms with Gasteiger partial charge >= 0.3 is 5.97 Å². The van der Waals surface area contributed by atoms with Crippen molar-refractivity contribution in [1.29, 1.82) is 0 Å². The SMILES string of the molecule is CCOC(=O)c1sc(Nc2nc(NCc3ccc(-c4csnn4)cc3)cc(N3CCCCC3)n2)nc1C. The number of aryl methyl sites for hydroxylation is 1. The van der Waals surface area contributed by atoms with Crippen LogP contribution in [-0.2, 0) is 11.3 Å². The average molecular weight is 537 g/mol. The summed E-state index contributed by atoms with van der Waals surface area (Å²) in [6, 6.07) is 10.2. The smallest absolute Gasteiger partial charge is 0.350 e. The number of rotatable bonds is 9. The van der Waals surface area contributed by atoms with Gasteiger partial charge in [0.1, 0.15) is 22.2 Å². The Bertz CT molecular complexity index is 1340. The number of hydrogen-bond acceptors (Lipinski definition) is 12. The van der Waals surface area contributed by atoms with Crippen molar-refractivity contribution in [3.8, 4) is 11.3 Å². The first kappa shape index (κ1) is 25.0. The Morgan fingerprint density at radius 3 is 2.65 bits per heavy atom. The lowest BCUT2D eigenvalue weighted by molar-refractivity contribution is 0.0531. The zero-order valence-corrected chi connectivity index (χ0v) is 22.4. The van der Waals surface area contributed by atoms with Crippen LogP contribution in [0.2, 0.25) is 0 Å². The first-order valence-electron chi connectivity index (χ1n) is 12.2. The largest absolute Gasteiger partial charge is 0.462 e. The van der Waals surface area contributed by atoms with E-state index in [2.05, 4.69) is 42.2 Å². The van der Waals surface area contributed by atoms with Crippen LogP contribution in [0.1, 0.15) is 47.1 Å². The first-order valence-corrected chi connectivity index (χ1v) is 13.9. The summed E-state index contributed by atoms with van der Waals surface area (Å²) in [6.07, 6.45) is 3.52. The fraction of sp³-hybridized carbons (Fsp3) is 0.360. The summed E-state index contributed by atoms with van der Waals surface area (Å²) in [6.45, 7) is 6.43. The normalized spacial score (nSPS) is 13.4. The molecular weight excluding hydrogens is 508 g/mol. The molecule has 1 aromatic carbocycles. The number of carbonyl (C=O) groups excluding carboxylic acids is 1. The van der Waals surface area contributed by atoms with E-state index in [-0.39, 0.29) is 5.97 Å². The molecule has 1 fully saturated rings. The van der Waals surface area contributed by atoms with Gasteiger partial charge in [0.25, 0.3) is 0 Å². The predicted octanol–water partition coefficient (Wildman–Crippen LogP) is 5.28. The molecule has 4 aromatic rings. The highest BCUT2D eigenvalue weighted by molar-refractivity contribution is 7.17. The molecule has 1 aliphatic heterocycles. The maximum atomic E-state index is 12.2. The number of benzene rings is 1. The van der Waals surface area contributed by atoms with Crippen molar-refractivity contribution in [2.45, 2.75) is 39.7 Å². The van der Waals surface area contributed by atoms with Gasteiger partial charge < -0.3 is 15.0 Å². The molecule has 192 valence electrons. The van der Waals surface area contributed by atoms with E-state index in [1.54, 1.807) is 13.8 Å². The van der Waals surface area contributed by atoms with Gasteiger partial charge in [-0.05, 0) is 50.2 Å². The Labute approximate surface area is 223 Å². The zero-order chi connectivity index (χ0) is 25.6. The quantitative estimate of drug-likeness (QED) is 0.273. The minimum atomic E-state index is -0.368. The molecular formula is C25H28N8O2S2. The fourth-order valence-electron chi connectivity index (χ4n) is 4.07. The van der Waals surface area contributed by atoms with E-state index in [0.29, 0.717) is 40.6 Å². The molecule has 5 rings (SSSR count). The third kappa shape index (κ3) is 6.20. The van der Waals surface area contributed by atoms with Crippen molar-refractivity contribution in [3.63, 3.8) is 0 Å². The number of aromatic nitrogens is 5. The minimum absolute atomic E-state index is 0.319. The molecule has 3 aromatic heterocycles. The van der Waals surface area contributed by atoms with Crippen LogP contribution in [0.4, 0.5) is 22.7 Å². The molecule has 37 heavy (non-hydrogen) atoms. The van der Waals surface area contributed by atoms with E-state index >= 15 is 0 Å². The van der Waals surface area contributed by atoms with Crippen LogP contribution in [0, 0.1) is 6.92 Å². The lowest BCUT2D eigenvalue weighted by Gasteiger charge is -2.28. The van der Waals surface area contributed by atoms with Crippen molar-refractivity contribution in [3.05, 3.63) is 51.8 Å². The number of piperidine rings is 1. The van der Waals surface area contributed by atoms with Crippen LogP contribution in [0.15, 0.2) is 35.7 Å². The molecule has 1 aliphatic rings. The van der Waals surface area contributed by atoms with Crippen LogP contribution in [-0.4, -0.2) is 50.2 Å². The maximum absolute atomic E-state index is 12.2. The molecule has 0 atom stereocenters. The fourth-order valence-corrected chi connectivity index (χ4v) is 5.39. The number of carbonyl (C=O) groups is 1. The standard InChI is InChI=1S/C25H28N8O2S2/c1-3-35-23(34)22-16(2)27-25(37-22)30-24-28-20(13-21(29-24)33-11-5-4-6-12-33)26-14-17-7-9-18(10-8-17)19-15-36-32-31-19/h7-10,13,15H,3-6,11-12,14H2,1-2H3,(H2,26,27,28,29,30). The number of anilines is 4. The second-order valence-corrected chi connectivity index (χ2v) is 10.2. The lowest BCUT2D eigenvalue weighted by atomic mass is 10.1. The maximum Gasteiger partial charge on any atom is 0.350 e. The minimum Gasteiger partial charge on any atom is -0.462 e. The van der Waals surface area contributed by atoms with Gasteiger partial charge in [0, 0.05) is 36.6 Å². The zero-order valence-electron chi connectivity index (χ0n) is 20.7. The molecule has 4 heterocycles. The van der Waals surface area contributed by atoms with Crippen molar-refractivity contribution in [1.82, 2.24) is 24.5 Å². The van der Waals surface area contributed by atoms with Gasteiger partial charge in [-0.25, -0.2) is 9.78 Å². The van der Waals surface area contributed by atoms with Crippen LogP contribution in [0.25, 0.3) is 11.3 Å². The molecule has 0 bridgehead atoms. The van der Waals surface area contributed by atoms with Gasteiger partial charge in [-0.15, -0.1) is 5.10 Å². The van der Waals surface area contributed by atoms with E-state index in [0.717, 1.165) is 48.6 Å².